The first-order valence-corrected chi connectivity index (χ1v) is 8.09. The molecule has 5 heteroatoms. The number of guanidine groups is 1. The summed E-state index contributed by atoms with van der Waals surface area (Å²) >= 11 is 0. The first-order chi connectivity index (χ1) is 10.7. The Morgan fingerprint density at radius 1 is 1.14 bits per heavy atom. The minimum absolute atomic E-state index is 0.183. The highest BCUT2D eigenvalue weighted by molar-refractivity contribution is 5.97. The lowest BCUT2D eigenvalue weighted by Crippen LogP contribution is -2.36. The van der Waals surface area contributed by atoms with Gasteiger partial charge < -0.3 is 4.90 Å². The highest BCUT2D eigenvalue weighted by Gasteiger charge is 2.24. The Balaban J connectivity index is 1.89. The van der Waals surface area contributed by atoms with Crippen LogP contribution < -0.4 is 0 Å². The molecule has 1 aromatic rings. The summed E-state index contributed by atoms with van der Waals surface area (Å²) in [7, 11) is 1.92. The van der Waals surface area contributed by atoms with Gasteiger partial charge in [-0.05, 0) is 38.3 Å². The fourth-order valence-electron chi connectivity index (χ4n) is 2.86. The number of benzene rings is 1. The number of aliphatic imine (C=N–C) groups is 2. The van der Waals surface area contributed by atoms with Crippen molar-refractivity contribution in [1.29, 1.82) is 0 Å². The summed E-state index contributed by atoms with van der Waals surface area (Å²) < 4.78 is 0. The van der Waals surface area contributed by atoms with Gasteiger partial charge in [0.1, 0.15) is 5.84 Å². The van der Waals surface area contributed by atoms with Crippen molar-refractivity contribution in [1.82, 2.24) is 9.96 Å². The van der Waals surface area contributed by atoms with Crippen LogP contribution in [0.5, 0.6) is 0 Å². The lowest BCUT2D eigenvalue weighted by Gasteiger charge is -2.28. The highest BCUT2D eigenvalue weighted by atomic mass is 16.7. The molecule has 2 aliphatic heterocycles. The van der Waals surface area contributed by atoms with Gasteiger partial charge in [-0.2, -0.15) is 4.99 Å². The van der Waals surface area contributed by atoms with Crippen molar-refractivity contribution in [3.63, 3.8) is 0 Å². The maximum atomic E-state index is 5.64. The molecule has 0 bridgehead atoms. The summed E-state index contributed by atoms with van der Waals surface area (Å²) in [6.45, 7) is 4.12. The van der Waals surface area contributed by atoms with E-state index in [1.54, 1.807) is 5.06 Å². The molecule has 3 rings (SSSR count). The average Bonchev–Trinajstić information content (AvgIpc) is 2.86. The van der Waals surface area contributed by atoms with Crippen LogP contribution in [0, 0.1) is 0 Å². The molecule has 5 nitrogen and oxygen atoms in total. The van der Waals surface area contributed by atoms with Gasteiger partial charge in [-0.15, -0.1) is 0 Å². The van der Waals surface area contributed by atoms with Gasteiger partial charge in [-0.25, -0.2) is 10.1 Å². The lowest BCUT2D eigenvalue weighted by atomic mass is 10.1. The molecule has 2 heterocycles. The van der Waals surface area contributed by atoms with E-state index < -0.39 is 0 Å². The predicted molar refractivity (Wildman–Crippen MR) is 89.3 cm³/mol. The van der Waals surface area contributed by atoms with E-state index in [4.69, 9.17) is 14.8 Å². The number of para-hydroxylation sites is 1. The average molecular weight is 300 g/mol. The van der Waals surface area contributed by atoms with Crippen molar-refractivity contribution in [2.75, 3.05) is 20.1 Å². The van der Waals surface area contributed by atoms with E-state index in [2.05, 4.69) is 11.8 Å². The maximum Gasteiger partial charge on any atom is 0.227 e. The van der Waals surface area contributed by atoms with Crippen LogP contribution in [0.1, 0.15) is 32.6 Å². The number of hydroxylamine groups is 2. The zero-order chi connectivity index (χ0) is 15.4. The van der Waals surface area contributed by atoms with Gasteiger partial charge >= 0.3 is 0 Å². The van der Waals surface area contributed by atoms with E-state index in [1.807, 2.05) is 37.4 Å². The predicted octanol–water partition coefficient (Wildman–Crippen LogP) is 3.21. The van der Waals surface area contributed by atoms with Gasteiger partial charge in [0.05, 0.1) is 11.8 Å². The number of amidine groups is 1. The molecule has 1 atom stereocenters. The monoisotopic (exact) mass is 300 g/mol. The van der Waals surface area contributed by atoms with Crippen LogP contribution in [0.25, 0.3) is 0 Å². The normalized spacial score (nSPS) is 25.1. The van der Waals surface area contributed by atoms with Gasteiger partial charge in [-0.1, -0.05) is 18.2 Å². The van der Waals surface area contributed by atoms with Gasteiger partial charge in [0.25, 0.3) is 0 Å². The molecule has 2 saturated heterocycles. The molecule has 2 fully saturated rings. The largest absolute Gasteiger partial charge is 0.341 e. The zero-order valence-electron chi connectivity index (χ0n) is 13.4. The third-order valence-electron chi connectivity index (χ3n) is 4.02. The molecule has 118 valence electrons. The fourth-order valence-corrected chi connectivity index (χ4v) is 2.86. The third kappa shape index (κ3) is 3.65. The van der Waals surface area contributed by atoms with Crippen LogP contribution in [0.15, 0.2) is 40.3 Å². The fraction of sp³-hybridized carbons (Fsp3) is 0.529. The quantitative estimate of drug-likeness (QED) is 0.590. The van der Waals surface area contributed by atoms with Crippen molar-refractivity contribution in [2.45, 2.75) is 38.7 Å². The maximum absolute atomic E-state index is 5.64. The summed E-state index contributed by atoms with van der Waals surface area (Å²) in [6, 6.07) is 10.0. The Kier molecular flexibility index (Phi) is 4.73. The molecular weight excluding hydrogens is 276 g/mol. The Morgan fingerprint density at radius 3 is 2.50 bits per heavy atom. The number of likely N-dealkylation sites (tertiary alicyclic amines) is 1. The molecule has 1 aromatic carbocycles. The molecule has 0 N–H and O–H groups in total. The first-order valence-electron chi connectivity index (χ1n) is 8.09. The lowest BCUT2D eigenvalue weighted by molar-refractivity contribution is -0.0889. The topological polar surface area (TPSA) is 40.4 Å². The number of nitrogens with zero attached hydrogens (tertiary/aromatic N) is 4. The van der Waals surface area contributed by atoms with E-state index in [-0.39, 0.29) is 6.10 Å². The van der Waals surface area contributed by atoms with Crippen molar-refractivity contribution >= 4 is 17.5 Å². The summed E-state index contributed by atoms with van der Waals surface area (Å²) in [5.74, 6) is 1.76. The molecule has 1 unspecified atom stereocenters. The third-order valence-corrected chi connectivity index (χ3v) is 4.02. The second-order valence-corrected chi connectivity index (χ2v) is 5.94. The van der Waals surface area contributed by atoms with Crippen LogP contribution >= 0.6 is 0 Å². The Hall–Kier alpha value is -1.88. The second-order valence-electron chi connectivity index (χ2n) is 5.94. The molecule has 2 aliphatic rings. The Bertz CT molecular complexity index is 549. The summed E-state index contributed by atoms with van der Waals surface area (Å²) in [5.41, 5.74) is 0.946. The number of rotatable bonds is 1. The van der Waals surface area contributed by atoms with Crippen molar-refractivity contribution in [3.05, 3.63) is 30.3 Å². The molecular formula is C17H24N4O. The number of hydrogen-bond acceptors (Lipinski definition) is 2. The minimum Gasteiger partial charge on any atom is -0.341 e. The van der Waals surface area contributed by atoms with Gasteiger partial charge in [0, 0.05) is 26.6 Å². The van der Waals surface area contributed by atoms with Gasteiger partial charge in [0.15, 0.2) is 0 Å². The van der Waals surface area contributed by atoms with Crippen LogP contribution in [-0.2, 0) is 4.84 Å². The summed E-state index contributed by atoms with van der Waals surface area (Å²) in [5, 5.41) is 1.77. The number of hydrogen-bond donors (Lipinski definition) is 0. The SMILES string of the molecule is CC1CC(=NC(=Nc2ccccc2)N2CCCCC2)N(C)O1. The standard InChI is InChI=1S/C17H24N4O/c1-14-13-16(20(2)22-14)19-17(21-11-7-4-8-12-21)18-15-9-5-3-6-10-15/h3,5-6,9-10,14H,4,7-8,11-13H2,1-2H3. The van der Waals surface area contributed by atoms with Crippen LogP contribution in [0.4, 0.5) is 5.69 Å². The molecule has 22 heavy (non-hydrogen) atoms. The van der Waals surface area contributed by atoms with Crippen LogP contribution in [0.2, 0.25) is 0 Å². The molecule has 0 aromatic heterocycles. The van der Waals surface area contributed by atoms with Crippen LogP contribution in [-0.4, -0.2) is 48.0 Å². The van der Waals surface area contributed by atoms with E-state index >= 15 is 0 Å². The Labute approximate surface area is 132 Å². The highest BCUT2D eigenvalue weighted by Crippen LogP contribution is 2.18. The van der Waals surface area contributed by atoms with Gasteiger partial charge in [0.2, 0.25) is 5.96 Å². The van der Waals surface area contributed by atoms with E-state index in [9.17, 15) is 0 Å². The number of piperidine rings is 1. The molecule has 0 amide bonds. The molecule has 0 radical (unpaired) electrons. The van der Waals surface area contributed by atoms with Crippen molar-refractivity contribution in [2.24, 2.45) is 9.98 Å². The summed E-state index contributed by atoms with van der Waals surface area (Å²) in [6.07, 6.45) is 4.73. The van der Waals surface area contributed by atoms with Crippen molar-refractivity contribution < 1.29 is 4.84 Å². The summed E-state index contributed by atoms with van der Waals surface area (Å²) in [4.78, 5) is 17.5. The van der Waals surface area contributed by atoms with E-state index in [0.717, 1.165) is 37.0 Å². The molecule has 0 saturated carbocycles. The van der Waals surface area contributed by atoms with Gasteiger partial charge in [-0.3, -0.25) is 4.84 Å². The smallest absolute Gasteiger partial charge is 0.227 e. The first kappa shape index (κ1) is 15.0. The minimum atomic E-state index is 0.183. The van der Waals surface area contributed by atoms with E-state index in [0.29, 0.717) is 0 Å². The van der Waals surface area contributed by atoms with Crippen molar-refractivity contribution in [3.8, 4) is 0 Å². The second kappa shape index (κ2) is 6.92. The molecule has 0 aliphatic carbocycles. The zero-order valence-corrected chi connectivity index (χ0v) is 13.4. The Morgan fingerprint density at radius 2 is 1.86 bits per heavy atom. The molecule has 0 spiro atoms. The van der Waals surface area contributed by atoms with Crippen LogP contribution in [0.3, 0.4) is 0 Å². The van der Waals surface area contributed by atoms with E-state index in [1.165, 1.54) is 19.3 Å².